The Morgan fingerprint density at radius 2 is 1.82 bits per heavy atom. The average Bonchev–Trinajstić information content (AvgIpc) is 3.40. The van der Waals surface area contributed by atoms with E-state index in [1.165, 1.54) is 5.56 Å². The molecule has 1 fully saturated rings. The van der Waals surface area contributed by atoms with Crippen LogP contribution in [0.2, 0.25) is 0 Å². The molecule has 9 nitrogen and oxygen atoms in total. The third-order valence-electron chi connectivity index (χ3n) is 5.20. The number of hydrogen-bond acceptors (Lipinski definition) is 7. The molecule has 5 rings (SSSR count). The van der Waals surface area contributed by atoms with Gasteiger partial charge in [0.2, 0.25) is 0 Å². The summed E-state index contributed by atoms with van der Waals surface area (Å²) in [7, 11) is 2.15. The molecular weight excluding hydrogens is 354 g/mol. The summed E-state index contributed by atoms with van der Waals surface area (Å²) in [6, 6.07) is 8.30. The molecule has 0 amide bonds. The average molecular weight is 375 g/mol. The first-order valence-corrected chi connectivity index (χ1v) is 9.32. The van der Waals surface area contributed by atoms with Gasteiger partial charge in [-0.25, -0.2) is 15.0 Å². The van der Waals surface area contributed by atoms with Gasteiger partial charge in [-0.3, -0.25) is 0 Å². The molecule has 0 spiro atoms. The topological polar surface area (TPSA) is 91.7 Å². The Balaban J connectivity index is 1.40. The minimum atomic E-state index is 0.703. The van der Waals surface area contributed by atoms with Gasteiger partial charge in [0.25, 0.3) is 0 Å². The number of nitrogens with one attached hydrogen (secondary N) is 1. The predicted octanol–water partition coefficient (Wildman–Crippen LogP) is 1.41. The SMILES string of the molecule is CN1CCN(c2ncnc3c2ncn3Cc2ccc(-c3cn[nH]n3)cc2)CC1. The molecule has 142 valence electrons. The van der Waals surface area contributed by atoms with E-state index in [0.717, 1.165) is 54.4 Å². The van der Waals surface area contributed by atoms with E-state index in [-0.39, 0.29) is 0 Å². The summed E-state index contributed by atoms with van der Waals surface area (Å²) < 4.78 is 2.07. The van der Waals surface area contributed by atoms with E-state index in [0.29, 0.717) is 6.54 Å². The first-order chi connectivity index (χ1) is 13.8. The van der Waals surface area contributed by atoms with Crippen molar-refractivity contribution in [3.05, 3.63) is 48.7 Å². The molecule has 1 aliphatic rings. The number of aromatic amines is 1. The molecule has 0 bridgehead atoms. The van der Waals surface area contributed by atoms with E-state index in [4.69, 9.17) is 0 Å². The fraction of sp³-hybridized carbons (Fsp3) is 0.316. The highest BCUT2D eigenvalue weighted by Gasteiger charge is 2.20. The van der Waals surface area contributed by atoms with E-state index in [1.807, 2.05) is 6.33 Å². The standard InChI is InChI=1S/C19H21N9/c1-26-6-8-27(9-7-26)18-17-19(21-12-20-18)28(13-22-17)11-14-2-4-15(5-3-14)16-10-23-25-24-16/h2-5,10,12-13H,6-9,11H2,1H3,(H,23,24,25). The fourth-order valence-corrected chi connectivity index (χ4v) is 3.55. The van der Waals surface area contributed by atoms with Crippen LogP contribution in [0.3, 0.4) is 0 Å². The predicted molar refractivity (Wildman–Crippen MR) is 106 cm³/mol. The summed E-state index contributed by atoms with van der Waals surface area (Å²) in [6.45, 7) is 4.68. The van der Waals surface area contributed by atoms with Crippen LogP contribution in [0, 0.1) is 0 Å². The zero-order valence-corrected chi connectivity index (χ0v) is 15.7. The van der Waals surface area contributed by atoms with Crippen LogP contribution in [0.1, 0.15) is 5.56 Å². The third kappa shape index (κ3) is 3.09. The van der Waals surface area contributed by atoms with Gasteiger partial charge in [-0.2, -0.15) is 15.4 Å². The number of nitrogens with zero attached hydrogens (tertiary/aromatic N) is 8. The molecule has 28 heavy (non-hydrogen) atoms. The van der Waals surface area contributed by atoms with Crippen LogP contribution >= 0.6 is 0 Å². The van der Waals surface area contributed by atoms with Gasteiger partial charge in [-0.1, -0.05) is 24.3 Å². The quantitative estimate of drug-likeness (QED) is 0.577. The Hall–Kier alpha value is -3.33. The summed E-state index contributed by atoms with van der Waals surface area (Å²) in [5.74, 6) is 0.929. The Labute approximate surface area is 162 Å². The van der Waals surface area contributed by atoms with Crippen molar-refractivity contribution in [2.24, 2.45) is 0 Å². The van der Waals surface area contributed by atoms with Gasteiger partial charge in [0, 0.05) is 31.7 Å². The summed E-state index contributed by atoms with van der Waals surface area (Å²) in [5, 5.41) is 10.6. The number of rotatable bonds is 4. The number of benzene rings is 1. The second-order valence-corrected chi connectivity index (χ2v) is 7.08. The number of likely N-dealkylation sites (N-methyl/N-ethyl adjacent to an activating group) is 1. The lowest BCUT2D eigenvalue weighted by Crippen LogP contribution is -2.44. The number of H-pyrrole nitrogens is 1. The molecule has 0 radical (unpaired) electrons. The van der Waals surface area contributed by atoms with E-state index in [9.17, 15) is 0 Å². The molecule has 1 N–H and O–H groups in total. The van der Waals surface area contributed by atoms with E-state index in [2.05, 4.69) is 76.0 Å². The van der Waals surface area contributed by atoms with Gasteiger partial charge in [0.15, 0.2) is 17.0 Å². The molecule has 3 aromatic heterocycles. The minimum Gasteiger partial charge on any atom is -0.352 e. The van der Waals surface area contributed by atoms with Crippen molar-refractivity contribution in [3.63, 3.8) is 0 Å². The maximum atomic E-state index is 4.63. The first-order valence-electron chi connectivity index (χ1n) is 9.32. The van der Waals surface area contributed by atoms with Gasteiger partial charge in [0.05, 0.1) is 19.1 Å². The monoisotopic (exact) mass is 375 g/mol. The normalized spacial score (nSPS) is 15.4. The first kappa shape index (κ1) is 16.8. The van der Waals surface area contributed by atoms with Crippen LogP contribution in [-0.4, -0.2) is 73.1 Å². The molecule has 0 saturated carbocycles. The van der Waals surface area contributed by atoms with Crippen LogP contribution in [0.25, 0.3) is 22.4 Å². The molecule has 9 heteroatoms. The highest BCUT2D eigenvalue weighted by molar-refractivity contribution is 5.83. The lowest BCUT2D eigenvalue weighted by molar-refractivity contribution is 0.312. The highest BCUT2D eigenvalue weighted by Crippen LogP contribution is 2.23. The molecular formula is C19H21N9. The summed E-state index contributed by atoms with van der Waals surface area (Å²) in [6.07, 6.45) is 5.21. The number of imidazole rings is 1. The molecule has 0 unspecified atom stereocenters. The van der Waals surface area contributed by atoms with Gasteiger partial charge >= 0.3 is 0 Å². The van der Waals surface area contributed by atoms with Crippen LogP contribution < -0.4 is 4.90 Å². The fourth-order valence-electron chi connectivity index (χ4n) is 3.55. The third-order valence-corrected chi connectivity index (χ3v) is 5.20. The maximum Gasteiger partial charge on any atom is 0.165 e. The van der Waals surface area contributed by atoms with Crippen molar-refractivity contribution < 1.29 is 0 Å². The van der Waals surface area contributed by atoms with Gasteiger partial charge in [-0.15, -0.1) is 0 Å². The van der Waals surface area contributed by atoms with Crippen molar-refractivity contribution in [1.82, 2.24) is 39.8 Å². The van der Waals surface area contributed by atoms with E-state index >= 15 is 0 Å². The van der Waals surface area contributed by atoms with Crippen molar-refractivity contribution >= 4 is 17.0 Å². The van der Waals surface area contributed by atoms with Crippen LogP contribution in [0.5, 0.6) is 0 Å². The highest BCUT2D eigenvalue weighted by atomic mass is 15.3. The van der Waals surface area contributed by atoms with Gasteiger partial charge in [0.1, 0.15) is 12.0 Å². The molecule has 1 saturated heterocycles. The molecule has 0 atom stereocenters. The number of piperazine rings is 1. The minimum absolute atomic E-state index is 0.703. The van der Waals surface area contributed by atoms with Gasteiger partial charge in [-0.05, 0) is 12.6 Å². The Bertz CT molecular complexity index is 1060. The molecule has 4 aromatic rings. The number of aromatic nitrogens is 7. The van der Waals surface area contributed by atoms with Crippen LogP contribution in [0.15, 0.2) is 43.1 Å². The Morgan fingerprint density at radius 1 is 1.00 bits per heavy atom. The number of anilines is 1. The van der Waals surface area contributed by atoms with Gasteiger partial charge < -0.3 is 14.4 Å². The largest absolute Gasteiger partial charge is 0.352 e. The summed E-state index contributed by atoms with van der Waals surface area (Å²) >= 11 is 0. The second kappa shape index (κ2) is 7.01. The smallest absolute Gasteiger partial charge is 0.165 e. The van der Waals surface area contributed by atoms with Crippen LogP contribution in [0.4, 0.5) is 5.82 Å². The lowest BCUT2D eigenvalue weighted by Gasteiger charge is -2.33. The Kier molecular flexibility index (Phi) is 4.21. The molecule has 1 aliphatic heterocycles. The molecule has 4 heterocycles. The second-order valence-electron chi connectivity index (χ2n) is 7.08. The van der Waals surface area contributed by atoms with Crippen LogP contribution in [-0.2, 0) is 6.54 Å². The molecule has 0 aliphatic carbocycles. The lowest BCUT2D eigenvalue weighted by atomic mass is 10.1. The van der Waals surface area contributed by atoms with Crippen molar-refractivity contribution in [2.45, 2.75) is 6.54 Å². The zero-order valence-electron chi connectivity index (χ0n) is 15.7. The maximum absolute atomic E-state index is 4.63. The van der Waals surface area contributed by atoms with Crippen molar-refractivity contribution in [3.8, 4) is 11.3 Å². The van der Waals surface area contributed by atoms with Crippen molar-refractivity contribution in [1.29, 1.82) is 0 Å². The summed E-state index contributed by atoms with van der Waals surface area (Å²) in [4.78, 5) is 18.3. The zero-order chi connectivity index (χ0) is 18.9. The Morgan fingerprint density at radius 3 is 2.57 bits per heavy atom. The van der Waals surface area contributed by atoms with E-state index < -0.39 is 0 Å². The molecule has 1 aromatic carbocycles. The number of fused-ring (bicyclic) bond motifs is 1. The van der Waals surface area contributed by atoms with Crippen molar-refractivity contribution in [2.75, 3.05) is 38.1 Å². The number of hydrogen-bond donors (Lipinski definition) is 1. The summed E-state index contributed by atoms with van der Waals surface area (Å²) in [5.41, 5.74) is 4.78. The van der Waals surface area contributed by atoms with E-state index in [1.54, 1.807) is 12.5 Å².